The number of aromatic nitrogens is 2. The van der Waals surface area contributed by atoms with Gasteiger partial charge in [-0.1, -0.05) is 18.2 Å². The first-order valence-corrected chi connectivity index (χ1v) is 9.98. The summed E-state index contributed by atoms with van der Waals surface area (Å²) in [5.74, 6) is 0.240. The first-order chi connectivity index (χ1) is 14.6. The average Bonchev–Trinajstić information content (AvgIpc) is 3.48. The number of amides is 1. The molecule has 0 N–H and O–H groups in total. The van der Waals surface area contributed by atoms with Crippen LogP contribution in [-0.2, 0) is 33.0 Å². The molecule has 3 aromatic heterocycles. The molecule has 3 heterocycles. The predicted octanol–water partition coefficient (Wildman–Crippen LogP) is 3.45. The second-order valence-corrected chi connectivity index (χ2v) is 7.58. The second kappa shape index (κ2) is 7.33. The van der Waals surface area contributed by atoms with Gasteiger partial charge in [0.1, 0.15) is 16.9 Å². The number of nitrogens with zero attached hydrogens (tertiary/aromatic N) is 3. The summed E-state index contributed by atoms with van der Waals surface area (Å²) in [6.45, 7) is 0.540. The molecule has 5 rings (SSSR count). The van der Waals surface area contributed by atoms with E-state index in [9.17, 15) is 9.59 Å². The minimum Gasteiger partial charge on any atom is -0.467 e. The summed E-state index contributed by atoms with van der Waals surface area (Å²) in [7, 11) is 1.93. The minimum absolute atomic E-state index is 0.00725. The number of benzene rings is 1. The van der Waals surface area contributed by atoms with Crippen LogP contribution in [0.1, 0.15) is 39.5 Å². The molecule has 0 bridgehead atoms. The Hall–Kier alpha value is -3.61. The molecule has 0 atom stereocenters. The van der Waals surface area contributed by atoms with Crippen LogP contribution in [0.2, 0.25) is 0 Å². The third-order valence-corrected chi connectivity index (χ3v) is 5.62. The molecular formula is C23H21N3O4. The molecular weight excluding hydrogens is 382 g/mol. The van der Waals surface area contributed by atoms with Crippen LogP contribution in [0.15, 0.2) is 62.4 Å². The molecule has 0 saturated carbocycles. The zero-order valence-electron chi connectivity index (χ0n) is 16.6. The zero-order valence-corrected chi connectivity index (χ0v) is 16.6. The monoisotopic (exact) mass is 403 g/mol. The summed E-state index contributed by atoms with van der Waals surface area (Å²) in [4.78, 5) is 27.6. The Balaban J connectivity index is 1.53. The Bertz CT molecular complexity index is 1280. The number of aryl methyl sites for hydroxylation is 1. The third-order valence-electron chi connectivity index (χ3n) is 5.62. The minimum atomic E-state index is -0.644. The molecule has 7 nitrogen and oxygen atoms in total. The van der Waals surface area contributed by atoms with Crippen LogP contribution >= 0.6 is 0 Å². The summed E-state index contributed by atoms with van der Waals surface area (Å²) in [5.41, 5.74) is 3.12. The topological polar surface area (TPSA) is 81.5 Å². The summed E-state index contributed by atoms with van der Waals surface area (Å²) in [6.07, 6.45) is 4.62. The van der Waals surface area contributed by atoms with Crippen molar-refractivity contribution in [2.24, 2.45) is 7.05 Å². The fourth-order valence-corrected chi connectivity index (χ4v) is 4.18. The van der Waals surface area contributed by atoms with Gasteiger partial charge in [0.2, 0.25) is 0 Å². The number of carbonyl (C=O) groups is 1. The van der Waals surface area contributed by atoms with Crippen LogP contribution in [0.5, 0.6) is 0 Å². The Kier molecular flexibility index (Phi) is 4.50. The first kappa shape index (κ1) is 18.4. The normalized spacial score (nSPS) is 13.0. The molecule has 152 valence electrons. The maximum atomic E-state index is 13.4. The zero-order chi connectivity index (χ0) is 20.7. The van der Waals surface area contributed by atoms with Gasteiger partial charge in [0.05, 0.1) is 25.0 Å². The van der Waals surface area contributed by atoms with Gasteiger partial charge in [-0.2, -0.15) is 5.10 Å². The summed E-state index contributed by atoms with van der Waals surface area (Å²) < 4.78 is 12.7. The Morgan fingerprint density at radius 1 is 1.17 bits per heavy atom. The summed E-state index contributed by atoms with van der Waals surface area (Å²) in [6, 6.07) is 12.3. The lowest BCUT2D eigenvalue weighted by atomic mass is 10.1. The van der Waals surface area contributed by atoms with Gasteiger partial charge in [0.15, 0.2) is 0 Å². The Labute approximate surface area is 172 Å². The first-order valence-electron chi connectivity index (χ1n) is 9.98. The van der Waals surface area contributed by atoms with Crippen LogP contribution in [-0.4, -0.2) is 20.6 Å². The molecule has 0 fully saturated rings. The summed E-state index contributed by atoms with van der Waals surface area (Å²) in [5, 5.41) is 5.35. The van der Waals surface area contributed by atoms with Gasteiger partial charge in [0, 0.05) is 18.1 Å². The van der Waals surface area contributed by atoms with Gasteiger partial charge < -0.3 is 13.7 Å². The van der Waals surface area contributed by atoms with Crippen molar-refractivity contribution in [3.05, 3.63) is 87.4 Å². The van der Waals surface area contributed by atoms with Gasteiger partial charge in [-0.3, -0.25) is 9.48 Å². The number of hydrogen-bond acceptors (Lipinski definition) is 5. The van der Waals surface area contributed by atoms with Crippen molar-refractivity contribution >= 4 is 16.9 Å². The van der Waals surface area contributed by atoms with Gasteiger partial charge in [-0.05, 0) is 49.1 Å². The molecule has 0 radical (unpaired) electrons. The molecule has 1 aliphatic carbocycles. The highest BCUT2D eigenvalue weighted by molar-refractivity contribution is 5.96. The molecule has 0 spiro atoms. The SMILES string of the molecule is Cn1nc(CN(Cc2ccco2)C(=O)c2cc3ccccc3oc2=O)c2c1CCC2. The molecule has 30 heavy (non-hydrogen) atoms. The number of hydrogen-bond donors (Lipinski definition) is 0. The Morgan fingerprint density at radius 3 is 2.87 bits per heavy atom. The van der Waals surface area contributed by atoms with Crippen molar-refractivity contribution in [2.45, 2.75) is 32.4 Å². The summed E-state index contributed by atoms with van der Waals surface area (Å²) >= 11 is 0. The molecule has 1 aliphatic rings. The predicted molar refractivity (Wildman–Crippen MR) is 110 cm³/mol. The maximum absolute atomic E-state index is 13.4. The number of carbonyl (C=O) groups excluding carboxylic acids is 1. The van der Waals surface area contributed by atoms with E-state index < -0.39 is 11.5 Å². The standard InChI is InChI=1S/C23H21N3O4/c1-25-20-9-4-8-17(20)19(24-25)14-26(13-16-7-5-11-29-16)22(27)18-12-15-6-2-3-10-21(15)30-23(18)28/h2-3,5-7,10-12H,4,8-9,13-14H2,1H3. The van der Waals surface area contributed by atoms with Gasteiger partial charge in [-0.25, -0.2) is 4.79 Å². The van der Waals surface area contributed by atoms with Crippen molar-refractivity contribution in [2.75, 3.05) is 0 Å². The van der Waals surface area contributed by atoms with Gasteiger partial charge in [-0.15, -0.1) is 0 Å². The number of rotatable bonds is 5. The van der Waals surface area contributed by atoms with Crippen molar-refractivity contribution in [1.29, 1.82) is 0 Å². The van der Waals surface area contributed by atoms with E-state index in [1.54, 1.807) is 35.4 Å². The van der Waals surface area contributed by atoms with Crippen LogP contribution in [0.4, 0.5) is 0 Å². The van der Waals surface area contributed by atoms with Gasteiger partial charge >= 0.3 is 5.63 Å². The number of fused-ring (bicyclic) bond motifs is 2. The lowest BCUT2D eigenvalue weighted by molar-refractivity contribution is 0.0710. The van der Waals surface area contributed by atoms with E-state index in [-0.39, 0.29) is 12.1 Å². The van der Waals surface area contributed by atoms with Gasteiger partial charge in [0.25, 0.3) is 5.91 Å². The average molecular weight is 403 g/mol. The van der Waals surface area contributed by atoms with Crippen molar-refractivity contribution in [3.8, 4) is 0 Å². The second-order valence-electron chi connectivity index (χ2n) is 7.58. The van der Waals surface area contributed by atoms with Crippen LogP contribution in [0.3, 0.4) is 0 Å². The maximum Gasteiger partial charge on any atom is 0.349 e. The highest BCUT2D eigenvalue weighted by Gasteiger charge is 2.27. The molecule has 7 heteroatoms. The van der Waals surface area contributed by atoms with Crippen LogP contribution in [0, 0.1) is 0 Å². The van der Waals surface area contributed by atoms with E-state index in [1.165, 1.54) is 11.3 Å². The highest BCUT2D eigenvalue weighted by Crippen LogP contribution is 2.26. The van der Waals surface area contributed by atoms with Crippen molar-refractivity contribution in [1.82, 2.24) is 14.7 Å². The fraction of sp³-hybridized carbons (Fsp3) is 0.261. The third kappa shape index (κ3) is 3.22. The lowest BCUT2D eigenvalue weighted by Gasteiger charge is -2.21. The largest absolute Gasteiger partial charge is 0.467 e. The fourth-order valence-electron chi connectivity index (χ4n) is 4.18. The smallest absolute Gasteiger partial charge is 0.349 e. The van der Waals surface area contributed by atoms with E-state index in [0.29, 0.717) is 23.3 Å². The van der Waals surface area contributed by atoms with E-state index in [4.69, 9.17) is 8.83 Å². The number of para-hydroxylation sites is 1. The van der Waals surface area contributed by atoms with Crippen molar-refractivity contribution < 1.29 is 13.6 Å². The van der Waals surface area contributed by atoms with Crippen LogP contribution < -0.4 is 5.63 Å². The lowest BCUT2D eigenvalue weighted by Crippen LogP contribution is -2.33. The van der Waals surface area contributed by atoms with E-state index in [0.717, 1.165) is 25.0 Å². The van der Waals surface area contributed by atoms with E-state index in [1.807, 2.05) is 29.9 Å². The molecule has 0 saturated heterocycles. The highest BCUT2D eigenvalue weighted by atomic mass is 16.4. The molecule has 1 amide bonds. The van der Waals surface area contributed by atoms with E-state index >= 15 is 0 Å². The van der Waals surface area contributed by atoms with Crippen LogP contribution in [0.25, 0.3) is 11.0 Å². The van der Waals surface area contributed by atoms with Crippen molar-refractivity contribution in [3.63, 3.8) is 0 Å². The quantitative estimate of drug-likeness (QED) is 0.477. The molecule has 4 aromatic rings. The molecule has 0 aliphatic heterocycles. The number of furan rings is 1. The molecule has 0 unspecified atom stereocenters. The van der Waals surface area contributed by atoms with E-state index in [2.05, 4.69) is 5.10 Å². The molecule has 1 aromatic carbocycles. The Morgan fingerprint density at radius 2 is 2.03 bits per heavy atom.